The first kappa shape index (κ1) is 9.16. The maximum Gasteiger partial charge on any atom is 0.313 e. The molecule has 0 aromatic heterocycles. The number of hydrogen-bond acceptors (Lipinski definition) is 3. The van der Waals surface area contributed by atoms with Crippen molar-refractivity contribution in [1.29, 1.82) is 0 Å². The minimum absolute atomic E-state index is 0.260. The number of rotatable bonds is 4. The summed E-state index contributed by atoms with van der Waals surface area (Å²) in [6.07, 6.45) is -1.02. The summed E-state index contributed by atoms with van der Waals surface area (Å²) in [4.78, 5) is 21.7. The Labute approximate surface area is 69.9 Å². The van der Waals surface area contributed by atoms with Gasteiger partial charge in [0.2, 0.25) is 0 Å². The Morgan fingerprint density at radius 1 is 1.58 bits per heavy atom. The summed E-state index contributed by atoms with van der Waals surface area (Å²) in [5.74, 6) is -1.42. The second kappa shape index (κ2) is 3.65. The van der Waals surface area contributed by atoms with Gasteiger partial charge in [-0.2, -0.15) is 0 Å². The monoisotopic (exact) mass is 174 g/mol. The fourth-order valence-corrected chi connectivity index (χ4v) is 0.983. The number of Topliss-reactive ketones (excluding diaryl/α,β-unsaturated/α-hetero) is 1. The van der Waals surface area contributed by atoms with Crippen LogP contribution in [0.3, 0.4) is 0 Å². The second-order valence-electron chi connectivity index (χ2n) is 2.81. The van der Waals surface area contributed by atoms with Crippen molar-refractivity contribution in [2.45, 2.75) is 25.9 Å². The minimum Gasteiger partial charge on any atom is -0.466 e. The smallest absolute Gasteiger partial charge is 0.313 e. The summed E-state index contributed by atoms with van der Waals surface area (Å²) < 4.78 is 16.8. The molecule has 1 aliphatic carbocycles. The molecule has 68 valence electrons. The molecule has 4 heteroatoms. The largest absolute Gasteiger partial charge is 0.466 e. The summed E-state index contributed by atoms with van der Waals surface area (Å²) in [5, 5.41) is 0. The van der Waals surface area contributed by atoms with Gasteiger partial charge in [-0.3, -0.25) is 9.59 Å². The average Bonchev–Trinajstić information content (AvgIpc) is 2.67. The molecule has 0 unspecified atom stereocenters. The van der Waals surface area contributed by atoms with Crippen molar-refractivity contribution in [3.8, 4) is 0 Å². The number of ether oxygens (including phenoxy) is 1. The van der Waals surface area contributed by atoms with Crippen LogP contribution in [0.2, 0.25) is 0 Å². The third-order valence-corrected chi connectivity index (χ3v) is 1.75. The molecule has 0 radical (unpaired) electrons. The Balaban J connectivity index is 2.22. The Morgan fingerprint density at radius 3 is 2.58 bits per heavy atom. The molecule has 0 bridgehead atoms. The predicted molar refractivity (Wildman–Crippen MR) is 39.3 cm³/mol. The van der Waals surface area contributed by atoms with Crippen LogP contribution < -0.4 is 0 Å². The van der Waals surface area contributed by atoms with Crippen LogP contribution in [0.25, 0.3) is 0 Å². The normalized spacial score (nSPS) is 26.5. The first-order chi connectivity index (χ1) is 5.65. The van der Waals surface area contributed by atoms with Crippen molar-refractivity contribution in [3.05, 3.63) is 0 Å². The van der Waals surface area contributed by atoms with Crippen LogP contribution in [0.1, 0.15) is 19.8 Å². The van der Waals surface area contributed by atoms with Crippen LogP contribution >= 0.6 is 0 Å². The maximum atomic E-state index is 12.3. The molecule has 0 N–H and O–H groups in total. The predicted octanol–water partition coefficient (Wildman–Crippen LogP) is 0.867. The van der Waals surface area contributed by atoms with E-state index in [4.69, 9.17) is 0 Å². The molecule has 0 aromatic rings. The number of alkyl halides is 1. The zero-order chi connectivity index (χ0) is 9.14. The van der Waals surface area contributed by atoms with Crippen LogP contribution in [-0.4, -0.2) is 24.5 Å². The third kappa shape index (κ3) is 2.29. The molecule has 0 aromatic carbocycles. The molecule has 1 rings (SSSR count). The summed E-state index contributed by atoms with van der Waals surface area (Å²) in [6, 6.07) is 0. The summed E-state index contributed by atoms with van der Waals surface area (Å²) in [6.45, 7) is 1.92. The quantitative estimate of drug-likeness (QED) is 0.469. The fourth-order valence-electron chi connectivity index (χ4n) is 0.983. The molecule has 2 atom stereocenters. The van der Waals surface area contributed by atoms with Gasteiger partial charge in [-0.15, -0.1) is 0 Å². The standard InChI is InChI=1S/C8H11FO3/c1-2-12-8(11)4-7(10)5-3-6(5)9/h5-6H,2-4H2,1H3/t5-,6-/m1/s1. The highest BCUT2D eigenvalue weighted by Gasteiger charge is 2.43. The molecule has 0 saturated heterocycles. The zero-order valence-corrected chi connectivity index (χ0v) is 6.88. The lowest BCUT2D eigenvalue weighted by Crippen LogP contribution is -2.13. The van der Waals surface area contributed by atoms with Crippen LogP contribution in [0.5, 0.6) is 0 Å². The van der Waals surface area contributed by atoms with E-state index in [1.54, 1.807) is 6.92 Å². The molecule has 1 fully saturated rings. The Bertz CT molecular complexity index is 202. The van der Waals surface area contributed by atoms with E-state index in [2.05, 4.69) is 4.74 Å². The maximum absolute atomic E-state index is 12.3. The van der Waals surface area contributed by atoms with Gasteiger partial charge in [0, 0.05) is 0 Å². The van der Waals surface area contributed by atoms with Crippen LogP contribution in [0.4, 0.5) is 4.39 Å². The topological polar surface area (TPSA) is 43.4 Å². The molecule has 0 amide bonds. The number of carbonyl (C=O) groups excluding carboxylic acids is 2. The second-order valence-corrected chi connectivity index (χ2v) is 2.81. The van der Waals surface area contributed by atoms with E-state index in [1.807, 2.05) is 0 Å². The van der Waals surface area contributed by atoms with E-state index in [0.717, 1.165) is 0 Å². The Morgan fingerprint density at radius 2 is 2.17 bits per heavy atom. The van der Waals surface area contributed by atoms with Gasteiger partial charge >= 0.3 is 5.97 Å². The van der Waals surface area contributed by atoms with Gasteiger partial charge < -0.3 is 4.74 Å². The molecule has 3 nitrogen and oxygen atoms in total. The number of halogens is 1. The zero-order valence-electron chi connectivity index (χ0n) is 6.88. The minimum atomic E-state index is -1.02. The van der Waals surface area contributed by atoms with E-state index in [1.165, 1.54) is 0 Å². The first-order valence-electron chi connectivity index (χ1n) is 3.97. The molecule has 1 aliphatic rings. The molecule has 0 spiro atoms. The summed E-state index contributed by atoms with van der Waals surface area (Å²) >= 11 is 0. The summed E-state index contributed by atoms with van der Waals surface area (Å²) in [7, 11) is 0. The lowest BCUT2D eigenvalue weighted by Gasteiger charge is -1.98. The van der Waals surface area contributed by atoms with Crippen molar-refractivity contribution < 1.29 is 18.7 Å². The van der Waals surface area contributed by atoms with Crippen molar-refractivity contribution in [2.24, 2.45) is 5.92 Å². The highest BCUT2D eigenvalue weighted by Crippen LogP contribution is 2.35. The number of ketones is 1. The number of esters is 1. The molecular weight excluding hydrogens is 163 g/mol. The van der Waals surface area contributed by atoms with Crippen molar-refractivity contribution >= 4 is 11.8 Å². The van der Waals surface area contributed by atoms with Crippen molar-refractivity contribution in [1.82, 2.24) is 0 Å². The molecule has 1 saturated carbocycles. The van der Waals surface area contributed by atoms with Gasteiger partial charge in [-0.1, -0.05) is 0 Å². The lowest BCUT2D eigenvalue weighted by atomic mass is 10.2. The van der Waals surface area contributed by atoms with Crippen LogP contribution in [0, 0.1) is 5.92 Å². The van der Waals surface area contributed by atoms with Gasteiger partial charge in [0.15, 0.2) is 0 Å². The van der Waals surface area contributed by atoms with E-state index in [-0.39, 0.29) is 25.2 Å². The van der Waals surface area contributed by atoms with Gasteiger partial charge in [-0.05, 0) is 13.3 Å². The van der Waals surface area contributed by atoms with E-state index in [0.29, 0.717) is 0 Å². The molecule has 0 heterocycles. The van der Waals surface area contributed by atoms with Gasteiger partial charge in [-0.25, -0.2) is 4.39 Å². The number of hydrogen-bond donors (Lipinski definition) is 0. The average molecular weight is 174 g/mol. The van der Waals surface area contributed by atoms with E-state index >= 15 is 0 Å². The Hall–Kier alpha value is -0.930. The van der Waals surface area contributed by atoms with Crippen molar-refractivity contribution in [3.63, 3.8) is 0 Å². The highest BCUT2D eigenvalue weighted by molar-refractivity contribution is 5.98. The Kier molecular flexibility index (Phi) is 2.78. The van der Waals surface area contributed by atoms with Gasteiger partial charge in [0.25, 0.3) is 0 Å². The molecule has 12 heavy (non-hydrogen) atoms. The van der Waals surface area contributed by atoms with E-state index < -0.39 is 18.1 Å². The molecular formula is C8H11FO3. The lowest BCUT2D eigenvalue weighted by molar-refractivity contribution is -0.145. The van der Waals surface area contributed by atoms with Crippen LogP contribution in [0.15, 0.2) is 0 Å². The number of carbonyl (C=O) groups is 2. The third-order valence-electron chi connectivity index (χ3n) is 1.75. The van der Waals surface area contributed by atoms with Gasteiger partial charge in [0.1, 0.15) is 18.4 Å². The summed E-state index contributed by atoms with van der Waals surface area (Å²) in [5.41, 5.74) is 0. The SMILES string of the molecule is CCOC(=O)CC(=O)[C@@H]1C[C@H]1F. The highest BCUT2D eigenvalue weighted by atomic mass is 19.1. The molecule has 0 aliphatic heterocycles. The first-order valence-corrected chi connectivity index (χ1v) is 3.97. The van der Waals surface area contributed by atoms with Crippen LogP contribution in [-0.2, 0) is 14.3 Å². The van der Waals surface area contributed by atoms with Crippen molar-refractivity contribution in [2.75, 3.05) is 6.61 Å². The van der Waals surface area contributed by atoms with E-state index in [9.17, 15) is 14.0 Å². The fraction of sp³-hybridized carbons (Fsp3) is 0.750. The van der Waals surface area contributed by atoms with Gasteiger partial charge in [0.05, 0.1) is 12.5 Å².